The van der Waals surface area contributed by atoms with E-state index < -0.39 is 22.7 Å². The summed E-state index contributed by atoms with van der Waals surface area (Å²) >= 11 is 1.87. The van der Waals surface area contributed by atoms with Crippen LogP contribution in [-0.2, 0) is 9.59 Å². The van der Waals surface area contributed by atoms with Crippen LogP contribution in [0.3, 0.4) is 0 Å². The van der Waals surface area contributed by atoms with Gasteiger partial charge in [-0.1, -0.05) is 0 Å². The molecule has 13 heavy (non-hydrogen) atoms. The number of rotatable bonds is 3. The normalized spacial score (nSPS) is 13.3. The number of carbonyl (C=O) groups is 2. The van der Waals surface area contributed by atoms with Gasteiger partial charge in [0.1, 0.15) is 6.04 Å². The first kappa shape index (κ1) is 12.3. The molecule has 0 aliphatic rings. The Labute approximate surface area is 82.2 Å². The molecule has 2 N–H and O–H groups in total. The summed E-state index contributed by atoms with van der Waals surface area (Å²) in [5, 5.41) is 4.03. The smallest absolute Gasteiger partial charge is 0.357 e. The van der Waals surface area contributed by atoms with Crippen LogP contribution in [0, 0.1) is 0 Å². The molecule has 0 bridgehead atoms. The Morgan fingerprint density at radius 2 is 1.92 bits per heavy atom. The Morgan fingerprint density at radius 3 is 2.23 bits per heavy atom. The van der Waals surface area contributed by atoms with Crippen LogP contribution < -0.4 is 10.6 Å². The fourth-order valence-corrected chi connectivity index (χ4v) is 0.675. The van der Waals surface area contributed by atoms with E-state index in [0.29, 0.717) is 0 Å². The van der Waals surface area contributed by atoms with Crippen molar-refractivity contribution in [2.24, 2.45) is 0 Å². The van der Waals surface area contributed by atoms with Crippen LogP contribution in [0.15, 0.2) is 0 Å². The van der Waals surface area contributed by atoms with Gasteiger partial charge in [-0.15, -0.1) is 0 Å². The molecule has 0 saturated heterocycles. The van der Waals surface area contributed by atoms with Crippen molar-refractivity contribution < 1.29 is 18.4 Å². The number of nitrogens with one attached hydrogen (secondary N) is 2. The number of hydrogen-bond donors (Lipinski definition) is 2. The largest absolute Gasteiger partial charge is 0.377 e. The maximum absolute atomic E-state index is 12.2. The molecule has 0 aliphatic heterocycles. The van der Waals surface area contributed by atoms with E-state index in [1.165, 1.54) is 14.0 Å². The molecular weight excluding hydrogens is 250 g/mol. The third kappa shape index (κ3) is 4.16. The van der Waals surface area contributed by atoms with Crippen LogP contribution in [0.25, 0.3) is 0 Å². The lowest BCUT2D eigenvalue weighted by Gasteiger charge is -2.14. The average Bonchev–Trinajstić information content (AvgIpc) is 2.01. The van der Waals surface area contributed by atoms with Crippen molar-refractivity contribution in [1.29, 1.82) is 0 Å². The lowest BCUT2D eigenvalue weighted by molar-refractivity contribution is -0.137. The van der Waals surface area contributed by atoms with Crippen molar-refractivity contribution in [2.75, 3.05) is 7.05 Å². The number of halogens is 3. The van der Waals surface area contributed by atoms with Crippen molar-refractivity contribution in [3.05, 3.63) is 0 Å². The molecule has 2 amide bonds. The summed E-state index contributed by atoms with van der Waals surface area (Å²) in [5.74, 6) is -2.08. The van der Waals surface area contributed by atoms with Crippen molar-refractivity contribution in [2.45, 2.75) is 17.8 Å². The highest BCUT2D eigenvalue weighted by molar-refractivity contribution is 9.10. The molecule has 76 valence electrons. The summed E-state index contributed by atoms with van der Waals surface area (Å²) in [5.41, 5.74) is 0. The fourth-order valence-electron chi connectivity index (χ4n) is 0.561. The lowest BCUT2D eigenvalue weighted by Crippen LogP contribution is -2.47. The molecule has 1 atom stereocenters. The molecule has 0 aliphatic carbocycles. The quantitative estimate of drug-likeness (QED) is 0.712. The summed E-state index contributed by atoms with van der Waals surface area (Å²) in [7, 11) is 1.34. The molecule has 1 unspecified atom stereocenters. The fraction of sp³-hybridized carbons (Fsp3) is 0.667. The summed E-state index contributed by atoms with van der Waals surface area (Å²) in [6.45, 7) is 1.30. The van der Waals surface area contributed by atoms with Gasteiger partial charge in [0.05, 0.1) is 0 Å². The van der Waals surface area contributed by atoms with Gasteiger partial charge in [0.25, 0.3) is 0 Å². The Kier molecular flexibility index (Phi) is 4.25. The van der Waals surface area contributed by atoms with E-state index in [0.717, 1.165) is 0 Å². The lowest BCUT2D eigenvalue weighted by atomic mass is 10.3. The van der Waals surface area contributed by atoms with E-state index >= 15 is 0 Å². The molecule has 0 heterocycles. The van der Waals surface area contributed by atoms with Gasteiger partial charge in [-0.3, -0.25) is 9.59 Å². The molecule has 0 fully saturated rings. The molecule has 7 heteroatoms. The molecule has 0 aromatic heterocycles. The third-order valence-corrected chi connectivity index (χ3v) is 1.60. The minimum Gasteiger partial charge on any atom is -0.357 e. The van der Waals surface area contributed by atoms with E-state index in [1.807, 2.05) is 21.2 Å². The molecule has 0 spiro atoms. The van der Waals surface area contributed by atoms with Gasteiger partial charge in [0, 0.05) is 23.0 Å². The maximum Gasteiger partial charge on any atom is 0.377 e. The second kappa shape index (κ2) is 4.50. The van der Waals surface area contributed by atoms with E-state index in [9.17, 15) is 18.4 Å². The zero-order chi connectivity index (χ0) is 10.6. The van der Waals surface area contributed by atoms with Gasteiger partial charge in [-0.2, -0.15) is 8.78 Å². The van der Waals surface area contributed by atoms with Crippen LogP contribution in [0.4, 0.5) is 8.78 Å². The second-order valence-electron chi connectivity index (χ2n) is 2.31. The highest BCUT2D eigenvalue weighted by atomic mass is 79.9. The Hall–Kier alpha value is -0.720. The highest BCUT2D eigenvalue weighted by Gasteiger charge is 2.36. The minimum atomic E-state index is -3.64. The first-order chi connectivity index (χ1) is 5.79. The van der Waals surface area contributed by atoms with E-state index in [4.69, 9.17) is 0 Å². The van der Waals surface area contributed by atoms with Crippen molar-refractivity contribution >= 4 is 27.7 Å². The minimum absolute atomic E-state index is 0.537. The van der Waals surface area contributed by atoms with Crippen molar-refractivity contribution in [3.8, 4) is 0 Å². The first-order valence-electron chi connectivity index (χ1n) is 3.38. The Balaban J connectivity index is 4.15. The number of amides is 2. The second-order valence-corrected chi connectivity index (χ2v) is 3.30. The van der Waals surface area contributed by atoms with Crippen LogP contribution in [0.2, 0.25) is 0 Å². The summed E-state index contributed by atoms with van der Waals surface area (Å²) in [4.78, 5) is 17.8. The van der Waals surface area contributed by atoms with Crippen LogP contribution in [0.1, 0.15) is 6.92 Å². The molecule has 0 aromatic carbocycles. The molecule has 0 aromatic rings. The van der Waals surface area contributed by atoms with Crippen molar-refractivity contribution in [1.82, 2.24) is 10.6 Å². The topological polar surface area (TPSA) is 58.2 Å². The summed E-state index contributed by atoms with van der Waals surface area (Å²) in [6, 6.07) is -0.985. The monoisotopic (exact) mass is 258 g/mol. The average molecular weight is 259 g/mol. The molecule has 0 radical (unpaired) electrons. The van der Waals surface area contributed by atoms with E-state index in [-0.39, 0.29) is 0 Å². The van der Waals surface area contributed by atoms with Crippen molar-refractivity contribution in [3.63, 3.8) is 0 Å². The molecular formula is C6H9BrF2N2O2. The van der Waals surface area contributed by atoms with Gasteiger partial charge in [0.2, 0.25) is 5.91 Å². The van der Waals surface area contributed by atoms with E-state index in [2.05, 4.69) is 5.32 Å². The summed E-state index contributed by atoms with van der Waals surface area (Å²) < 4.78 is 24.4. The van der Waals surface area contributed by atoms with Gasteiger partial charge in [0.15, 0.2) is 0 Å². The van der Waals surface area contributed by atoms with Gasteiger partial charge < -0.3 is 10.6 Å². The van der Waals surface area contributed by atoms with Crippen LogP contribution in [-0.4, -0.2) is 29.7 Å². The predicted molar refractivity (Wildman–Crippen MR) is 45.5 cm³/mol. The summed E-state index contributed by atoms with van der Waals surface area (Å²) in [6.07, 6.45) is 0. The van der Waals surface area contributed by atoms with Gasteiger partial charge >= 0.3 is 10.7 Å². The third-order valence-electron chi connectivity index (χ3n) is 1.24. The van der Waals surface area contributed by atoms with Gasteiger partial charge in [-0.05, 0) is 6.92 Å². The van der Waals surface area contributed by atoms with Crippen LogP contribution >= 0.6 is 15.9 Å². The number of carbonyl (C=O) groups excluding carboxylic acids is 2. The molecule has 0 rings (SSSR count). The number of alkyl halides is 3. The predicted octanol–water partition coefficient (Wildman–Crippen LogP) is 0.225. The van der Waals surface area contributed by atoms with Gasteiger partial charge in [-0.25, -0.2) is 0 Å². The molecule has 4 nitrogen and oxygen atoms in total. The Bertz CT molecular complexity index is 217. The van der Waals surface area contributed by atoms with E-state index in [1.54, 1.807) is 0 Å². The number of likely N-dealkylation sites (N-methyl/N-ethyl adjacent to an activating group) is 1. The Morgan fingerprint density at radius 1 is 1.46 bits per heavy atom. The SMILES string of the molecule is CNC(=O)C(C)NC(=O)C(F)(F)Br. The number of hydrogen-bond acceptors (Lipinski definition) is 2. The first-order valence-corrected chi connectivity index (χ1v) is 4.17. The zero-order valence-corrected chi connectivity index (χ0v) is 8.61. The standard InChI is InChI=1S/C6H9BrF2N2O2/c1-3(4(12)10-2)11-5(13)6(7,8)9/h3H,1-2H3,(H,10,12)(H,11,13). The maximum atomic E-state index is 12.2. The zero-order valence-electron chi connectivity index (χ0n) is 7.03. The van der Waals surface area contributed by atoms with Crippen LogP contribution in [0.5, 0.6) is 0 Å². The molecule has 0 saturated carbocycles. The highest BCUT2D eigenvalue weighted by Crippen LogP contribution is 2.21.